The van der Waals surface area contributed by atoms with Gasteiger partial charge in [-0.3, -0.25) is 9.59 Å². The lowest BCUT2D eigenvalue weighted by Gasteiger charge is -2.29. The number of benzene rings is 2. The van der Waals surface area contributed by atoms with Gasteiger partial charge in [-0.2, -0.15) is 0 Å². The SMILES string of the molecule is CC(=O)N1c2ccccc2C(=O)[C@H]1[C@@H](CC=O)c1ccccc1. The molecule has 1 aliphatic heterocycles. The van der Waals surface area contributed by atoms with Crippen LogP contribution >= 0.6 is 0 Å². The number of hydrogen-bond donors (Lipinski definition) is 0. The zero-order valence-electron chi connectivity index (χ0n) is 12.8. The molecule has 1 amide bonds. The van der Waals surface area contributed by atoms with Crippen LogP contribution in [0.4, 0.5) is 5.69 Å². The number of ketones is 1. The number of anilines is 1. The maximum Gasteiger partial charge on any atom is 0.224 e. The van der Waals surface area contributed by atoms with E-state index in [0.717, 1.165) is 11.8 Å². The van der Waals surface area contributed by atoms with Crippen molar-refractivity contribution in [3.63, 3.8) is 0 Å². The molecule has 23 heavy (non-hydrogen) atoms. The fourth-order valence-corrected chi connectivity index (χ4v) is 3.30. The van der Waals surface area contributed by atoms with E-state index in [2.05, 4.69) is 0 Å². The summed E-state index contributed by atoms with van der Waals surface area (Å²) in [4.78, 5) is 37.8. The highest BCUT2D eigenvalue weighted by atomic mass is 16.2. The predicted octanol–water partition coefficient (Wildman–Crippen LogP) is 2.98. The summed E-state index contributed by atoms with van der Waals surface area (Å²) in [6.07, 6.45) is 1.00. The van der Waals surface area contributed by atoms with E-state index in [0.29, 0.717) is 11.3 Å². The first-order valence-corrected chi connectivity index (χ1v) is 7.56. The molecule has 1 heterocycles. The summed E-state index contributed by atoms with van der Waals surface area (Å²) in [5, 5.41) is 0. The Hall–Kier alpha value is -2.75. The highest BCUT2D eigenvalue weighted by Gasteiger charge is 2.44. The summed E-state index contributed by atoms with van der Waals surface area (Å²) in [7, 11) is 0. The van der Waals surface area contributed by atoms with Gasteiger partial charge in [-0.05, 0) is 17.7 Å². The molecule has 0 fully saturated rings. The van der Waals surface area contributed by atoms with E-state index in [1.165, 1.54) is 11.8 Å². The summed E-state index contributed by atoms with van der Waals surface area (Å²) in [6.45, 7) is 1.45. The van der Waals surface area contributed by atoms with Gasteiger partial charge in [0.2, 0.25) is 5.91 Å². The van der Waals surface area contributed by atoms with E-state index in [9.17, 15) is 14.4 Å². The summed E-state index contributed by atoms with van der Waals surface area (Å²) < 4.78 is 0. The van der Waals surface area contributed by atoms with Crippen LogP contribution in [0.1, 0.15) is 35.2 Å². The first kappa shape index (κ1) is 15.2. The van der Waals surface area contributed by atoms with Gasteiger partial charge in [0.15, 0.2) is 5.78 Å². The first-order valence-electron chi connectivity index (χ1n) is 7.56. The molecule has 0 radical (unpaired) electrons. The normalized spacial score (nSPS) is 17.7. The van der Waals surface area contributed by atoms with E-state index >= 15 is 0 Å². The Bertz CT molecular complexity index is 754. The van der Waals surface area contributed by atoms with Gasteiger partial charge < -0.3 is 9.69 Å². The van der Waals surface area contributed by atoms with Crippen LogP contribution in [0.5, 0.6) is 0 Å². The molecule has 3 rings (SSSR count). The van der Waals surface area contributed by atoms with E-state index in [1.54, 1.807) is 18.2 Å². The van der Waals surface area contributed by atoms with Crippen LogP contribution in [0.15, 0.2) is 54.6 Å². The number of hydrogen-bond acceptors (Lipinski definition) is 3. The van der Waals surface area contributed by atoms with Crippen LogP contribution in [-0.2, 0) is 9.59 Å². The molecule has 4 nitrogen and oxygen atoms in total. The van der Waals surface area contributed by atoms with Gasteiger partial charge in [-0.15, -0.1) is 0 Å². The van der Waals surface area contributed by atoms with Gasteiger partial charge in [0.1, 0.15) is 12.3 Å². The quantitative estimate of drug-likeness (QED) is 0.816. The highest BCUT2D eigenvalue weighted by molar-refractivity contribution is 6.18. The molecule has 2 aromatic rings. The second-order valence-corrected chi connectivity index (χ2v) is 5.63. The van der Waals surface area contributed by atoms with Crippen molar-refractivity contribution < 1.29 is 14.4 Å². The Morgan fingerprint density at radius 2 is 1.78 bits per heavy atom. The average Bonchev–Trinajstić information content (AvgIpc) is 2.87. The fourth-order valence-electron chi connectivity index (χ4n) is 3.30. The minimum Gasteiger partial charge on any atom is -0.303 e. The molecule has 0 unspecified atom stereocenters. The third-order valence-corrected chi connectivity index (χ3v) is 4.27. The second-order valence-electron chi connectivity index (χ2n) is 5.63. The number of aldehydes is 1. The minimum absolute atomic E-state index is 0.105. The zero-order chi connectivity index (χ0) is 16.4. The Balaban J connectivity index is 2.11. The van der Waals surface area contributed by atoms with Crippen LogP contribution in [0.2, 0.25) is 0 Å². The molecule has 0 saturated heterocycles. The lowest BCUT2D eigenvalue weighted by molar-refractivity contribution is -0.117. The lowest BCUT2D eigenvalue weighted by Crippen LogP contribution is -2.43. The number of amides is 1. The van der Waals surface area contributed by atoms with Crippen LogP contribution in [0, 0.1) is 0 Å². The molecular weight excluding hydrogens is 290 g/mol. The Morgan fingerprint density at radius 3 is 2.43 bits per heavy atom. The predicted molar refractivity (Wildman–Crippen MR) is 87.6 cm³/mol. The maximum absolute atomic E-state index is 12.9. The van der Waals surface area contributed by atoms with E-state index < -0.39 is 6.04 Å². The number of para-hydroxylation sites is 1. The lowest BCUT2D eigenvalue weighted by atomic mass is 9.86. The smallest absolute Gasteiger partial charge is 0.224 e. The van der Waals surface area contributed by atoms with Crippen molar-refractivity contribution in [1.29, 1.82) is 0 Å². The summed E-state index contributed by atoms with van der Waals surface area (Å²) in [5.74, 6) is -0.649. The third kappa shape index (κ3) is 2.57. The molecule has 0 N–H and O–H groups in total. The maximum atomic E-state index is 12.9. The summed E-state index contributed by atoms with van der Waals surface area (Å²) in [5.41, 5.74) is 2.05. The van der Waals surface area contributed by atoms with Crippen LogP contribution < -0.4 is 4.90 Å². The van der Waals surface area contributed by atoms with Crippen LogP contribution in [0.3, 0.4) is 0 Å². The largest absolute Gasteiger partial charge is 0.303 e. The molecule has 116 valence electrons. The molecular formula is C19H17NO3. The molecule has 1 aliphatic rings. The molecule has 0 bridgehead atoms. The second kappa shape index (κ2) is 6.16. The van der Waals surface area contributed by atoms with E-state index in [-0.39, 0.29) is 24.0 Å². The van der Waals surface area contributed by atoms with Gasteiger partial charge in [0.25, 0.3) is 0 Å². The molecule has 2 aromatic carbocycles. The van der Waals surface area contributed by atoms with Gasteiger partial charge in [0, 0.05) is 24.8 Å². The number of nitrogens with zero attached hydrogens (tertiary/aromatic N) is 1. The van der Waals surface area contributed by atoms with Crippen LogP contribution in [-0.4, -0.2) is 24.0 Å². The number of carbonyl (C=O) groups is 3. The van der Waals surface area contributed by atoms with Gasteiger partial charge in [-0.1, -0.05) is 42.5 Å². The van der Waals surface area contributed by atoms with Crippen molar-refractivity contribution in [2.45, 2.75) is 25.3 Å². The first-order chi connectivity index (χ1) is 11.1. The molecule has 4 heteroatoms. The van der Waals surface area contributed by atoms with E-state index in [1.807, 2.05) is 36.4 Å². The van der Waals surface area contributed by atoms with Gasteiger partial charge in [-0.25, -0.2) is 0 Å². The number of rotatable bonds is 4. The number of fused-ring (bicyclic) bond motifs is 1. The Morgan fingerprint density at radius 1 is 1.13 bits per heavy atom. The summed E-state index contributed by atoms with van der Waals surface area (Å²) in [6, 6.07) is 15.8. The fraction of sp³-hybridized carbons (Fsp3) is 0.211. The molecule has 0 spiro atoms. The third-order valence-electron chi connectivity index (χ3n) is 4.27. The van der Waals surface area contributed by atoms with E-state index in [4.69, 9.17) is 0 Å². The van der Waals surface area contributed by atoms with Crippen molar-refractivity contribution >= 4 is 23.7 Å². The number of Topliss-reactive ketones (excluding diaryl/α,β-unsaturated/α-hetero) is 1. The summed E-state index contributed by atoms with van der Waals surface area (Å²) >= 11 is 0. The minimum atomic E-state index is -0.669. The molecule has 2 atom stereocenters. The van der Waals surface area contributed by atoms with Crippen molar-refractivity contribution in [3.8, 4) is 0 Å². The molecule has 0 aromatic heterocycles. The topological polar surface area (TPSA) is 54.5 Å². The Kier molecular flexibility index (Phi) is 4.06. The Labute approximate surface area is 134 Å². The zero-order valence-corrected chi connectivity index (χ0v) is 12.8. The molecule has 0 saturated carbocycles. The van der Waals surface area contributed by atoms with Crippen molar-refractivity contribution in [2.24, 2.45) is 0 Å². The van der Waals surface area contributed by atoms with Crippen molar-refractivity contribution in [3.05, 3.63) is 65.7 Å². The monoisotopic (exact) mass is 307 g/mol. The highest BCUT2D eigenvalue weighted by Crippen LogP contribution is 2.39. The van der Waals surface area contributed by atoms with Crippen molar-refractivity contribution in [1.82, 2.24) is 0 Å². The number of carbonyl (C=O) groups excluding carboxylic acids is 3. The average molecular weight is 307 g/mol. The van der Waals surface area contributed by atoms with Gasteiger partial charge >= 0.3 is 0 Å². The van der Waals surface area contributed by atoms with Crippen molar-refractivity contribution in [2.75, 3.05) is 4.90 Å². The van der Waals surface area contributed by atoms with Crippen LogP contribution in [0.25, 0.3) is 0 Å². The van der Waals surface area contributed by atoms with Gasteiger partial charge in [0.05, 0.1) is 5.69 Å². The molecule has 0 aliphatic carbocycles. The standard InChI is InChI=1S/C19H17NO3/c1-13(22)20-17-10-6-5-9-16(17)19(23)18(20)15(11-12-21)14-7-3-2-4-8-14/h2-10,12,15,18H,11H2,1H3/t15-,18+/m0/s1.